The molecule has 1 saturated heterocycles. The van der Waals surface area contributed by atoms with Crippen molar-refractivity contribution >= 4 is 17.6 Å². The maximum atomic E-state index is 12.2. The number of nitrogens with zero attached hydrogens (tertiary/aromatic N) is 3. The highest BCUT2D eigenvalue weighted by Gasteiger charge is 2.32. The molecule has 0 spiro atoms. The number of carbonyl (C=O) groups excluding carboxylic acids is 2. The second-order valence-corrected chi connectivity index (χ2v) is 5.95. The van der Waals surface area contributed by atoms with Crippen LogP contribution in [-0.2, 0) is 4.79 Å². The molecule has 2 rings (SSSR count). The lowest BCUT2D eigenvalue weighted by Crippen LogP contribution is -2.44. The Hall–Kier alpha value is -2.55. The minimum Gasteiger partial charge on any atom is -0.333 e. The molecule has 1 N–H and O–H groups in total. The van der Waals surface area contributed by atoms with E-state index in [1.807, 2.05) is 38.1 Å². The van der Waals surface area contributed by atoms with E-state index in [9.17, 15) is 9.59 Å². The number of benzene rings is 1. The molecule has 1 aliphatic heterocycles. The average molecular weight is 314 g/mol. The van der Waals surface area contributed by atoms with Crippen LogP contribution in [0, 0.1) is 25.2 Å². The van der Waals surface area contributed by atoms with Crippen molar-refractivity contribution < 1.29 is 9.59 Å². The van der Waals surface area contributed by atoms with Gasteiger partial charge in [0.05, 0.1) is 18.5 Å². The average Bonchev–Trinajstić information content (AvgIpc) is 2.88. The summed E-state index contributed by atoms with van der Waals surface area (Å²) in [7, 11) is 1.64. The van der Waals surface area contributed by atoms with Crippen LogP contribution in [0.25, 0.3) is 0 Å². The molecule has 0 bridgehead atoms. The van der Waals surface area contributed by atoms with Crippen molar-refractivity contribution in [3.05, 3.63) is 29.3 Å². The van der Waals surface area contributed by atoms with Gasteiger partial charge in [-0.05, 0) is 37.1 Å². The van der Waals surface area contributed by atoms with E-state index in [0.29, 0.717) is 25.9 Å². The third-order valence-electron chi connectivity index (χ3n) is 4.16. The molecule has 0 aliphatic carbocycles. The van der Waals surface area contributed by atoms with Gasteiger partial charge in [-0.2, -0.15) is 5.26 Å². The van der Waals surface area contributed by atoms with Crippen LogP contribution < -0.4 is 10.2 Å². The summed E-state index contributed by atoms with van der Waals surface area (Å²) < 4.78 is 0. The first-order valence-electron chi connectivity index (χ1n) is 7.68. The summed E-state index contributed by atoms with van der Waals surface area (Å²) in [6, 6.07) is 7.48. The van der Waals surface area contributed by atoms with E-state index in [1.165, 1.54) is 10.5 Å². The number of hydrogen-bond acceptors (Lipinski definition) is 3. The lowest BCUT2D eigenvalue weighted by molar-refractivity contribution is -0.117. The maximum absolute atomic E-state index is 12.2. The fourth-order valence-corrected chi connectivity index (χ4v) is 2.55. The lowest BCUT2D eigenvalue weighted by Gasteiger charge is -2.21. The third kappa shape index (κ3) is 4.01. The Bertz CT molecular complexity index is 650. The molecule has 1 atom stereocenters. The molecule has 1 heterocycles. The minimum absolute atomic E-state index is 0.0123. The molecule has 1 aromatic carbocycles. The minimum atomic E-state index is -0.250. The van der Waals surface area contributed by atoms with Crippen LogP contribution in [0.15, 0.2) is 18.2 Å². The zero-order chi connectivity index (χ0) is 17.0. The Morgan fingerprint density at radius 1 is 1.43 bits per heavy atom. The number of hydrogen-bond donors (Lipinski definition) is 1. The molecule has 6 nitrogen and oxygen atoms in total. The second-order valence-electron chi connectivity index (χ2n) is 5.95. The first-order chi connectivity index (χ1) is 10.9. The van der Waals surface area contributed by atoms with Gasteiger partial charge in [-0.25, -0.2) is 4.79 Å². The summed E-state index contributed by atoms with van der Waals surface area (Å²) in [5, 5.41) is 11.4. The van der Waals surface area contributed by atoms with Crippen LogP contribution in [0.4, 0.5) is 10.5 Å². The summed E-state index contributed by atoms with van der Waals surface area (Å²) in [6.07, 6.45) is 0.590. The van der Waals surface area contributed by atoms with Gasteiger partial charge in [-0.3, -0.25) is 4.79 Å². The largest absolute Gasteiger partial charge is 0.333 e. The molecular weight excluding hydrogens is 292 g/mol. The van der Waals surface area contributed by atoms with E-state index in [0.717, 1.165) is 11.3 Å². The first kappa shape index (κ1) is 16.8. The molecule has 0 unspecified atom stereocenters. The van der Waals surface area contributed by atoms with Crippen molar-refractivity contribution in [3.8, 4) is 6.07 Å². The molecule has 1 fully saturated rings. The Labute approximate surface area is 136 Å². The van der Waals surface area contributed by atoms with Crippen molar-refractivity contribution in [1.82, 2.24) is 10.2 Å². The summed E-state index contributed by atoms with van der Waals surface area (Å²) in [6.45, 7) is 4.90. The van der Waals surface area contributed by atoms with Gasteiger partial charge in [0, 0.05) is 32.2 Å². The number of rotatable bonds is 4. The molecule has 1 aliphatic rings. The van der Waals surface area contributed by atoms with Crippen LogP contribution >= 0.6 is 0 Å². The summed E-state index contributed by atoms with van der Waals surface area (Å²) >= 11 is 0. The number of carbonyl (C=O) groups is 2. The van der Waals surface area contributed by atoms with Crippen LogP contribution in [0.5, 0.6) is 0 Å². The van der Waals surface area contributed by atoms with Crippen molar-refractivity contribution in [2.75, 3.05) is 25.0 Å². The number of nitrogens with one attached hydrogen (secondary N) is 1. The summed E-state index contributed by atoms with van der Waals surface area (Å²) in [5.74, 6) is 0.0123. The van der Waals surface area contributed by atoms with Crippen LogP contribution in [0.3, 0.4) is 0 Å². The Balaban J connectivity index is 1.98. The van der Waals surface area contributed by atoms with Gasteiger partial charge in [0.25, 0.3) is 0 Å². The van der Waals surface area contributed by atoms with Gasteiger partial charge in [0.1, 0.15) is 0 Å². The van der Waals surface area contributed by atoms with Crippen LogP contribution in [0.2, 0.25) is 0 Å². The highest BCUT2D eigenvalue weighted by atomic mass is 16.2. The third-order valence-corrected chi connectivity index (χ3v) is 4.16. The quantitative estimate of drug-likeness (QED) is 0.923. The lowest BCUT2D eigenvalue weighted by atomic mass is 10.1. The second kappa shape index (κ2) is 7.14. The molecule has 1 aromatic rings. The molecule has 122 valence electrons. The smallest absolute Gasteiger partial charge is 0.317 e. The monoisotopic (exact) mass is 314 g/mol. The van der Waals surface area contributed by atoms with Crippen molar-refractivity contribution in [1.29, 1.82) is 5.26 Å². The Morgan fingerprint density at radius 2 is 2.17 bits per heavy atom. The van der Waals surface area contributed by atoms with Gasteiger partial charge in [-0.1, -0.05) is 6.07 Å². The van der Waals surface area contributed by atoms with E-state index in [-0.39, 0.29) is 18.0 Å². The summed E-state index contributed by atoms with van der Waals surface area (Å²) in [5.41, 5.74) is 3.19. The number of amides is 3. The standard InChI is InChI=1S/C17H22N4O2/c1-12-5-6-15(9-13(12)2)21-11-14(10-16(21)22)19-17(23)20(3)8-4-7-18/h5-6,9,14H,4,8,10-11H2,1-3H3,(H,19,23)/t14-/m0/s1. The van der Waals surface area contributed by atoms with Gasteiger partial charge in [0.2, 0.25) is 5.91 Å². The topological polar surface area (TPSA) is 76.4 Å². The number of aryl methyl sites for hydroxylation is 2. The van der Waals surface area contributed by atoms with E-state index < -0.39 is 0 Å². The molecule has 0 radical (unpaired) electrons. The SMILES string of the molecule is Cc1ccc(N2C[C@@H](NC(=O)N(C)CCC#N)CC2=O)cc1C. The highest BCUT2D eigenvalue weighted by molar-refractivity contribution is 5.96. The number of nitriles is 1. The normalized spacial score (nSPS) is 17.0. The van der Waals surface area contributed by atoms with Gasteiger partial charge in [0.15, 0.2) is 0 Å². The zero-order valence-corrected chi connectivity index (χ0v) is 13.8. The van der Waals surface area contributed by atoms with E-state index in [2.05, 4.69) is 5.32 Å². The fraction of sp³-hybridized carbons (Fsp3) is 0.471. The molecule has 23 heavy (non-hydrogen) atoms. The Morgan fingerprint density at radius 3 is 2.83 bits per heavy atom. The molecular formula is C17H22N4O2. The Kier molecular flexibility index (Phi) is 5.22. The highest BCUT2D eigenvalue weighted by Crippen LogP contribution is 2.24. The molecule has 6 heteroatoms. The van der Waals surface area contributed by atoms with E-state index in [4.69, 9.17) is 5.26 Å². The summed E-state index contributed by atoms with van der Waals surface area (Å²) in [4.78, 5) is 27.4. The van der Waals surface area contributed by atoms with Crippen molar-refractivity contribution in [3.63, 3.8) is 0 Å². The molecule has 0 aromatic heterocycles. The van der Waals surface area contributed by atoms with Crippen molar-refractivity contribution in [2.45, 2.75) is 32.7 Å². The van der Waals surface area contributed by atoms with Crippen LogP contribution in [-0.4, -0.2) is 43.0 Å². The molecule has 0 saturated carbocycles. The molecule has 3 amide bonds. The van der Waals surface area contributed by atoms with Gasteiger partial charge in [-0.15, -0.1) is 0 Å². The number of urea groups is 1. The predicted molar refractivity (Wildman–Crippen MR) is 88.1 cm³/mol. The van der Waals surface area contributed by atoms with Gasteiger partial charge >= 0.3 is 6.03 Å². The van der Waals surface area contributed by atoms with E-state index >= 15 is 0 Å². The predicted octanol–water partition coefficient (Wildman–Crippen LogP) is 1.96. The fourth-order valence-electron chi connectivity index (χ4n) is 2.55. The van der Waals surface area contributed by atoms with Crippen molar-refractivity contribution in [2.24, 2.45) is 0 Å². The first-order valence-corrected chi connectivity index (χ1v) is 7.68. The zero-order valence-electron chi connectivity index (χ0n) is 13.8. The van der Waals surface area contributed by atoms with Crippen LogP contribution in [0.1, 0.15) is 24.0 Å². The maximum Gasteiger partial charge on any atom is 0.317 e. The van der Waals surface area contributed by atoms with E-state index in [1.54, 1.807) is 11.9 Å². The van der Waals surface area contributed by atoms with Gasteiger partial charge < -0.3 is 15.1 Å². The number of anilines is 1.